The second kappa shape index (κ2) is 5.36. The summed E-state index contributed by atoms with van der Waals surface area (Å²) in [5.41, 5.74) is 1.88. The second-order valence-corrected chi connectivity index (χ2v) is 4.68. The largest absolute Gasteiger partial charge is 0.486 e. The molecule has 3 rings (SSSR count). The maximum Gasteiger partial charge on any atom is 0.163 e. The number of hydrogen-bond acceptors (Lipinski definition) is 3. The van der Waals surface area contributed by atoms with Crippen LogP contribution >= 0.6 is 0 Å². The number of halogens is 1. The van der Waals surface area contributed by atoms with Gasteiger partial charge in [-0.1, -0.05) is 6.07 Å². The summed E-state index contributed by atoms with van der Waals surface area (Å²) in [6.07, 6.45) is 3.72. The predicted octanol–water partition coefficient (Wildman–Crippen LogP) is 3.26. The van der Waals surface area contributed by atoms with Gasteiger partial charge in [0, 0.05) is 18.5 Å². The first kappa shape index (κ1) is 13.3. The molecule has 0 fully saturated rings. The highest BCUT2D eigenvalue weighted by Crippen LogP contribution is 2.21. The Labute approximate surface area is 120 Å². The summed E-state index contributed by atoms with van der Waals surface area (Å²) in [6, 6.07) is 9.57. The molecule has 0 radical (unpaired) electrons. The Morgan fingerprint density at radius 1 is 1.33 bits per heavy atom. The lowest BCUT2D eigenvalue weighted by molar-refractivity contribution is 0.101. The Kier molecular flexibility index (Phi) is 3.39. The Balaban J connectivity index is 1.84. The number of aromatic nitrogens is 2. The maximum atomic E-state index is 13.3. The highest BCUT2D eigenvalue weighted by atomic mass is 19.1. The topological polar surface area (TPSA) is 43.6 Å². The number of carbonyl (C=O) groups excluding carboxylic acids is 1. The Bertz CT molecular complexity index is 778. The molecule has 3 aromatic rings. The maximum absolute atomic E-state index is 13.3. The Hall–Kier alpha value is -2.69. The van der Waals surface area contributed by atoms with Crippen LogP contribution in [0, 0.1) is 5.82 Å². The number of imidazole rings is 1. The van der Waals surface area contributed by atoms with Gasteiger partial charge in [-0.2, -0.15) is 0 Å². The zero-order chi connectivity index (χ0) is 14.8. The van der Waals surface area contributed by atoms with Gasteiger partial charge in [0.2, 0.25) is 0 Å². The minimum Gasteiger partial charge on any atom is -0.486 e. The van der Waals surface area contributed by atoms with Crippen molar-refractivity contribution in [3.05, 3.63) is 65.9 Å². The molecule has 0 aliphatic heterocycles. The number of ether oxygens (including phenoxy) is 1. The van der Waals surface area contributed by atoms with Gasteiger partial charge in [0.1, 0.15) is 23.8 Å². The van der Waals surface area contributed by atoms with Crippen molar-refractivity contribution in [2.24, 2.45) is 0 Å². The zero-order valence-corrected chi connectivity index (χ0v) is 11.4. The van der Waals surface area contributed by atoms with E-state index in [9.17, 15) is 9.18 Å². The molecular weight excluding hydrogens is 271 g/mol. The molecule has 2 heterocycles. The van der Waals surface area contributed by atoms with Crippen molar-refractivity contribution in [1.82, 2.24) is 9.38 Å². The molecule has 0 saturated heterocycles. The zero-order valence-electron chi connectivity index (χ0n) is 11.4. The first-order valence-corrected chi connectivity index (χ1v) is 6.49. The molecule has 0 spiro atoms. The lowest BCUT2D eigenvalue weighted by Crippen LogP contribution is -2.02. The summed E-state index contributed by atoms with van der Waals surface area (Å²) >= 11 is 0. The number of ketones is 1. The van der Waals surface area contributed by atoms with Crippen LogP contribution in [-0.4, -0.2) is 15.2 Å². The van der Waals surface area contributed by atoms with Crippen molar-refractivity contribution < 1.29 is 13.9 Å². The molecule has 0 saturated carbocycles. The van der Waals surface area contributed by atoms with E-state index < -0.39 is 5.82 Å². The van der Waals surface area contributed by atoms with E-state index >= 15 is 0 Å². The van der Waals surface area contributed by atoms with Crippen molar-refractivity contribution in [3.8, 4) is 5.75 Å². The molecule has 5 heteroatoms. The molecule has 0 aliphatic rings. The van der Waals surface area contributed by atoms with Crippen molar-refractivity contribution in [2.75, 3.05) is 0 Å². The van der Waals surface area contributed by atoms with Gasteiger partial charge in [-0.05, 0) is 31.2 Å². The van der Waals surface area contributed by atoms with Crippen LogP contribution in [0.15, 0.2) is 48.8 Å². The van der Waals surface area contributed by atoms with E-state index in [4.69, 9.17) is 4.74 Å². The van der Waals surface area contributed by atoms with Crippen LogP contribution in [0.5, 0.6) is 5.75 Å². The number of fused-ring (bicyclic) bond motifs is 1. The van der Waals surface area contributed by atoms with Crippen molar-refractivity contribution in [2.45, 2.75) is 13.5 Å². The molecule has 0 atom stereocenters. The fourth-order valence-electron chi connectivity index (χ4n) is 2.11. The Morgan fingerprint density at radius 2 is 2.19 bits per heavy atom. The molecule has 21 heavy (non-hydrogen) atoms. The summed E-state index contributed by atoms with van der Waals surface area (Å²) in [5, 5.41) is 0. The smallest absolute Gasteiger partial charge is 0.163 e. The van der Waals surface area contributed by atoms with Crippen LogP contribution in [-0.2, 0) is 6.61 Å². The van der Waals surface area contributed by atoms with E-state index in [0.29, 0.717) is 11.3 Å². The quantitative estimate of drug-likeness (QED) is 0.691. The predicted molar refractivity (Wildman–Crippen MR) is 75.9 cm³/mol. The van der Waals surface area contributed by atoms with Crippen molar-refractivity contribution >= 4 is 11.4 Å². The third-order valence-corrected chi connectivity index (χ3v) is 3.11. The molecule has 0 N–H and O–H groups in total. The summed E-state index contributed by atoms with van der Waals surface area (Å²) in [4.78, 5) is 15.9. The molecular formula is C16H13FN2O2. The molecule has 0 amide bonds. The summed E-state index contributed by atoms with van der Waals surface area (Å²) in [6.45, 7) is 1.59. The lowest BCUT2D eigenvalue weighted by atomic mass is 10.1. The third kappa shape index (κ3) is 2.76. The fraction of sp³-hybridized carbons (Fsp3) is 0.125. The molecule has 0 bridgehead atoms. The number of pyridine rings is 1. The van der Waals surface area contributed by atoms with Gasteiger partial charge >= 0.3 is 0 Å². The number of rotatable bonds is 4. The van der Waals surface area contributed by atoms with Crippen molar-refractivity contribution in [1.29, 1.82) is 0 Å². The van der Waals surface area contributed by atoms with Crippen LogP contribution < -0.4 is 4.74 Å². The van der Waals surface area contributed by atoms with Gasteiger partial charge in [-0.15, -0.1) is 0 Å². The molecule has 1 aromatic carbocycles. The average molecular weight is 284 g/mol. The Morgan fingerprint density at radius 3 is 2.95 bits per heavy atom. The van der Waals surface area contributed by atoms with E-state index in [0.717, 1.165) is 5.65 Å². The van der Waals surface area contributed by atoms with Crippen LogP contribution in [0.3, 0.4) is 0 Å². The van der Waals surface area contributed by atoms with E-state index in [1.807, 2.05) is 35.0 Å². The number of benzene rings is 1. The molecule has 0 aliphatic carbocycles. The van der Waals surface area contributed by atoms with E-state index in [2.05, 4.69) is 4.98 Å². The summed E-state index contributed by atoms with van der Waals surface area (Å²) < 4.78 is 20.7. The fourth-order valence-corrected chi connectivity index (χ4v) is 2.11. The second-order valence-electron chi connectivity index (χ2n) is 4.68. The minimum atomic E-state index is -0.440. The van der Waals surface area contributed by atoms with Gasteiger partial charge < -0.3 is 9.14 Å². The molecule has 106 valence electrons. The molecule has 2 aromatic heterocycles. The van der Waals surface area contributed by atoms with Gasteiger partial charge in [0.15, 0.2) is 5.78 Å². The summed E-state index contributed by atoms with van der Waals surface area (Å²) in [5.74, 6) is -0.371. The highest BCUT2D eigenvalue weighted by molar-refractivity contribution is 5.96. The van der Waals surface area contributed by atoms with Gasteiger partial charge in [0.25, 0.3) is 0 Å². The van der Waals surface area contributed by atoms with Gasteiger partial charge in [-0.3, -0.25) is 4.79 Å². The van der Waals surface area contributed by atoms with E-state index in [1.165, 1.54) is 25.1 Å². The monoisotopic (exact) mass is 284 g/mol. The lowest BCUT2D eigenvalue weighted by Gasteiger charge is -2.08. The van der Waals surface area contributed by atoms with Crippen LogP contribution in [0.4, 0.5) is 4.39 Å². The van der Waals surface area contributed by atoms with Crippen LogP contribution in [0.1, 0.15) is 23.0 Å². The van der Waals surface area contributed by atoms with E-state index in [1.54, 1.807) is 0 Å². The molecule has 0 unspecified atom stereocenters. The highest BCUT2D eigenvalue weighted by Gasteiger charge is 2.11. The summed E-state index contributed by atoms with van der Waals surface area (Å²) in [7, 11) is 0. The standard InChI is InChI=1S/C16H13FN2O2/c1-11(20)14-6-5-12(17)8-15(14)21-10-13-9-19-7-3-2-4-16(19)18-13/h2-9H,10H2,1H3. The number of Topliss-reactive ketones (excluding diaryl/α,β-unsaturated/α-hetero) is 1. The first-order chi connectivity index (χ1) is 10.1. The van der Waals surface area contributed by atoms with Gasteiger partial charge in [0.05, 0.1) is 11.3 Å². The average Bonchev–Trinajstić information content (AvgIpc) is 2.87. The molecule has 4 nitrogen and oxygen atoms in total. The number of carbonyl (C=O) groups is 1. The number of nitrogens with zero attached hydrogens (tertiary/aromatic N) is 2. The van der Waals surface area contributed by atoms with Gasteiger partial charge in [-0.25, -0.2) is 9.37 Å². The van der Waals surface area contributed by atoms with E-state index in [-0.39, 0.29) is 18.1 Å². The van der Waals surface area contributed by atoms with Crippen LogP contribution in [0.25, 0.3) is 5.65 Å². The van der Waals surface area contributed by atoms with Crippen LogP contribution in [0.2, 0.25) is 0 Å². The first-order valence-electron chi connectivity index (χ1n) is 6.49. The third-order valence-electron chi connectivity index (χ3n) is 3.11. The normalized spacial score (nSPS) is 10.8. The number of hydrogen-bond donors (Lipinski definition) is 0. The SMILES string of the molecule is CC(=O)c1ccc(F)cc1OCc1cn2ccccc2n1. The van der Waals surface area contributed by atoms with Crippen molar-refractivity contribution in [3.63, 3.8) is 0 Å². The minimum absolute atomic E-state index is 0.167.